The Labute approximate surface area is 104 Å². The zero-order chi connectivity index (χ0) is 12.3. The minimum atomic E-state index is -0.176. The van der Waals surface area contributed by atoms with Crippen molar-refractivity contribution in [2.24, 2.45) is 0 Å². The largest absolute Gasteiger partial charge is 0.497 e. The third-order valence-corrected chi connectivity index (χ3v) is 3.86. The Morgan fingerprint density at radius 1 is 1.18 bits per heavy atom. The lowest BCUT2D eigenvalue weighted by atomic mass is 9.87. The Morgan fingerprint density at radius 3 is 2.65 bits per heavy atom. The van der Waals surface area contributed by atoms with E-state index in [0.29, 0.717) is 5.92 Å². The second-order valence-corrected chi connectivity index (χ2v) is 5.03. The van der Waals surface area contributed by atoms with Crippen molar-refractivity contribution < 1.29 is 9.84 Å². The van der Waals surface area contributed by atoms with Crippen LogP contribution in [0.1, 0.15) is 49.1 Å². The van der Waals surface area contributed by atoms with E-state index in [-0.39, 0.29) is 6.10 Å². The van der Waals surface area contributed by atoms with Crippen LogP contribution in [-0.2, 0) is 0 Å². The Kier molecular flexibility index (Phi) is 4.06. The molecule has 0 saturated heterocycles. The molecule has 0 aromatic heterocycles. The molecular formula is C15H22O2. The van der Waals surface area contributed by atoms with Crippen LogP contribution in [0.2, 0.25) is 0 Å². The first kappa shape index (κ1) is 12.4. The molecule has 2 atom stereocenters. The fraction of sp³-hybridized carbons (Fsp3) is 0.600. The SMILES string of the molecule is COc1ccc(C2CCCCCC2O)c(C)c1. The van der Waals surface area contributed by atoms with Gasteiger partial charge in [-0.15, -0.1) is 0 Å². The van der Waals surface area contributed by atoms with Crippen molar-refractivity contribution >= 4 is 0 Å². The van der Waals surface area contributed by atoms with Gasteiger partial charge in [0.25, 0.3) is 0 Å². The van der Waals surface area contributed by atoms with E-state index in [4.69, 9.17) is 4.74 Å². The van der Waals surface area contributed by atoms with Crippen LogP contribution < -0.4 is 4.74 Å². The minimum absolute atomic E-state index is 0.176. The van der Waals surface area contributed by atoms with Crippen molar-refractivity contribution in [3.8, 4) is 5.75 Å². The molecule has 1 aliphatic rings. The van der Waals surface area contributed by atoms with Crippen molar-refractivity contribution in [3.05, 3.63) is 29.3 Å². The highest BCUT2D eigenvalue weighted by Gasteiger charge is 2.24. The summed E-state index contributed by atoms with van der Waals surface area (Å²) in [7, 11) is 1.69. The molecule has 0 heterocycles. The molecular weight excluding hydrogens is 212 g/mol. The van der Waals surface area contributed by atoms with Crippen molar-refractivity contribution in [3.63, 3.8) is 0 Å². The summed E-state index contributed by atoms with van der Waals surface area (Å²) in [6.45, 7) is 2.11. The van der Waals surface area contributed by atoms with Gasteiger partial charge in [0.05, 0.1) is 13.2 Å². The van der Waals surface area contributed by atoms with Crippen LogP contribution in [0.3, 0.4) is 0 Å². The van der Waals surface area contributed by atoms with E-state index in [9.17, 15) is 5.11 Å². The molecule has 1 aromatic carbocycles. The van der Waals surface area contributed by atoms with Gasteiger partial charge in [-0.1, -0.05) is 25.3 Å². The van der Waals surface area contributed by atoms with E-state index < -0.39 is 0 Å². The number of hydrogen-bond acceptors (Lipinski definition) is 2. The first-order valence-corrected chi connectivity index (χ1v) is 6.55. The quantitative estimate of drug-likeness (QED) is 0.795. The van der Waals surface area contributed by atoms with E-state index in [2.05, 4.69) is 19.1 Å². The van der Waals surface area contributed by atoms with E-state index >= 15 is 0 Å². The molecule has 2 heteroatoms. The molecule has 1 fully saturated rings. The molecule has 17 heavy (non-hydrogen) atoms. The first-order chi connectivity index (χ1) is 8.22. The fourth-order valence-corrected chi connectivity index (χ4v) is 2.84. The van der Waals surface area contributed by atoms with Gasteiger partial charge in [0.15, 0.2) is 0 Å². The standard InChI is InChI=1S/C15H22O2/c1-11-10-12(17-2)8-9-13(11)14-6-4-3-5-7-15(14)16/h8-10,14-16H,3-7H2,1-2H3. The Balaban J connectivity index is 2.25. The number of benzene rings is 1. The molecule has 1 aromatic rings. The van der Waals surface area contributed by atoms with E-state index in [1.54, 1.807) is 7.11 Å². The van der Waals surface area contributed by atoms with Crippen LogP contribution in [0, 0.1) is 6.92 Å². The van der Waals surface area contributed by atoms with E-state index in [1.165, 1.54) is 24.0 Å². The van der Waals surface area contributed by atoms with Gasteiger partial charge in [0.1, 0.15) is 5.75 Å². The number of aliphatic hydroxyl groups excluding tert-OH is 1. The average molecular weight is 234 g/mol. The van der Waals surface area contributed by atoms with Gasteiger partial charge < -0.3 is 9.84 Å². The lowest BCUT2D eigenvalue weighted by molar-refractivity contribution is 0.135. The predicted octanol–water partition coefficient (Wildman–Crippen LogP) is 3.41. The summed E-state index contributed by atoms with van der Waals surface area (Å²) in [5.41, 5.74) is 2.52. The summed E-state index contributed by atoms with van der Waals surface area (Å²) in [5, 5.41) is 10.2. The van der Waals surface area contributed by atoms with Crippen LogP contribution in [0.4, 0.5) is 0 Å². The van der Waals surface area contributed by atoms with E-state index in [1.807, 2.05) is 6.07 Å². The van der Waals surface area contributed by atoms with Gasteiger partial charge in [-0.2, -0.15) is 0 Å². The summed E-state index contributed by atoms with van der Waals surface area (Å²) < 4.78 is 5.23. The van der Waals surface area contributed by atoms with Gasteiger partial charge in [-0.3, -0.25) is 0 Å². The summed E-state index contributed by atoms with van der Waals surface area (Å²) in [6.07, 6.45) is 5.51. The van der Waals surface area contributed by atoms with Gasteiger partial charge in [0.2, 0.25) is 0 Å². The van der Waals surface area contributed by atoms with Gasteiger partial charge in [0, 0.05) is 5.92 Å². The van der Waals surface area contributed by atoms with Crippen LogP contribution in [-0.4, -0.2) is 18.3 Å². The molecule has 0 spiro atoms. The molecule has 0 radical (unpaired) electrons. The van der Waals surface area contributed by atoms with Crippen LogP contribution >= 0.6 is 0 Å². The topological polar surface area (TPSA) is 29.5 Å². The monoisotopic (exact) mass is 234 g/mol. The van der Waals surface area contributed by atoms with Gasteiger partial charge >= 0.3 is 0 Å². The van der Waals surface area contributed by atoms with Crippen LogP contribution in [0.5, 0.6) is 5.75 Å². The maximum absolute atomic E-state index is 10.2. The third kappa shape index (κ3) is 2.81. The molecule has 2 nitrogen and oxygen atoms in total. The highest BCUT2D eigenvalue weighted by atomic mass is 16.5. The number of rotatable bonds is 2. The Hall–Kier alpha value is -1.02. The molecule has 0 amide bonds. The lowest BCUT2D eigenvalue weighted by Crippen LogP contribution is -2.17. The normalized spacial score (nSPS) is 25.4. The molecule has 1 aliphatic carbocycles. The highest BCUT2D eigenvalue weighted by Crippen LogP contribution is 2.34. The molecule has 0 aliphatic heterocycles. The summed E-state index contributed by atoms with van der Waals surface area (Å²) >= 11 is 0. The van der Waals surface area contributed by atoms with Crippen molar-refractivity contribution in [1.29, 1.82) is 0 Å². The number of methoxy groups -OCH3 is 1. The summed E-state index contributed by atoms with van der Waals surface area (Å²) in [4.78, 5) is 0. The number of hydrogen-bond donors (Lipinski definition) is 1. The number of aryl methyl sites for hydroxylation is 1. The second-order valence-electron chi connectivity index (χ2n) is 5.03. The predicted molar refractivity (Wildman–Crippen MR) is 69.6 cm³/mol. The first-order valence-electron chi connectivity index (χ1n) is 6.55. The zero-order valence-electron chi connectivity index (χ0n) is 10.8. The lowest BCUT2D eigenvalue weighted by Gasteiger charge is -2.23. The Morgan fingerprint density at radius 2 is 1.94 bits per heavy atom. The Bertz CT molecular complexity index is 373. The summed E-state index contributed by atoms with van der Waals surface area (Å²) in [5.74, 6) is 1.21. The zero-order valence-corrected chi connectivity index (χ0v) is 10.8. The van der Waals surface area contributed by atoms with Crippen LogP contribution in [0.15, 0.2) is 18.2 Å². The smallest absolute Gasteiger partial charge is 0.119 e. The molecule has 2 unspecified atom stereocenters. The van der Waals surface area contributed by atoms with Crippen LogP contribution in [0.25, 0.3) is 0 Å². The summed E-state index contributed by atoms with van der Waals surface area (Å²) in [6, 6.07) is 6.18. The van der Waals surface area contributed by atoms with E-state index in [0.717, 1.165) is 25.0 Å². The van der Waals surface area contributed by atoms with Gasteiger partial charge in [-0.05, 0) is 43.0 Å². The third-order valence-electron chi connectivity index (χ3n) is 3.86. The molecule has 0 bridgehead atoms. The maximum Gasteiger partial charge on any atom is 0.119 e. The molecule has 1 N–H and O–H groups in total. The molecule has 94 valence electrons. The molecule has 2 rings (SSSR count). The van der Waals surface area contributed by atoms with Gasteiger partial charge in [-0.25, -0.2) is 0 Å². The second kappa shape index (κ2) is 5.54. The fourth-order valence-electron chi connectivity index (χ4n) is 2.84. The van der Waals surface area contributed by atoms with Crippen molar-refractivity contribution in [2.45, 2.75) is 51.0 Å². The maximum atomic E-state index is 10.2. The number of aliphatic hydroxyl groups is 1. The highest BCUT2D eigenvalue weighted by molar-refractivity contribution is 5.37. The minimum Gasteiger partial charge on any atom is -0.497 e. The number of ether oxygens (including phenoxy) is 1. The van der Waals surface area contributed by atoms with Crippen molar-refractivity contribution in [2.75, 3.05) is 7.11 Å². The average Bonchev–Trinajstić information content (AvgIpc) is 2.54. The molecule has 1 saturated carbocycles. The van der Waals surface area contributed by atoms with Crippen molar-refractivity contribution in [1.82, 2.24) is 0 Å².